The number of hydrogen-bond donors (Lipinski definition) is 1. The maximum Gasteiger partial charge on any atom is 0.337 e. The molecule has 0 amide bonds. The number of aromatic amines is 1. The Kier molecular flexibility index (Phi) is 5.06. The number of hydrogen-bond acceptors (Lipinski definition) is 8. The second kappa shape index (κ2) is 8.04. The Morgan fingerprint density at radius 3 is 2.78 bits per heavy atom. The van der Waals surface area contributed by atoms with Crippen LogP contribution in [0.25, 0.3) is 33.0 Å². The van der Waals surface area contributed by atoms with Gasteiger partial charge in [-0.2, -0.15) is 0 Å². The van der Waals surface area contributed by atoms with Gasteiger partial charge in [0.25, 0.3) is 5.56 Å². The molecule has 0 saturated carbocycles. The van der Waals surface area contributed by atoms with Gasteiger partial charge in [-0.25, -0.2) is 14.8 Å². The molecule has 3 aromatic heterocycles. The van der Waals surface area contributed by atoms with Gasteiger partial charge in [0.15, 0.2) is 5.65 Å². The van der Waals surface area contributed by atoms with Crippen molar-refractivity contribution in [1.29, 1.82) is 0 Å². The van der Waals surface area contributed by atoms with E-state index in [1.807, 2.05) is 24.3 Å². The molecule has 0 aliphatic carbocycles. The first-order valence-corrected chi connectivity index (χ1v) is 10.9. The van der Waals surface area contributed by atoms with Crippen LogP contribution in [0.3, 0.4) is 0 Å². The molecular formula is C22H18N6O3S. The van der Waals surface area contributed by atoms with Gasteiger partial charge in [0.1, 0.15) is 11.3 Å². The van der Waals surface area contributed by atoms with E-state index in [-0.39, 0.29) is 5.56 Å². The quantitative estimate of drug-likeness (QED) is 0.323. The SMILES string of the molecule is CCn1c2ccccc2c2nnc(SCc3nc4cc(C(=O)OC)ccc4c(=O)[nH]3)nc21. The topological polar surface area (TPSA) is 116 Å². The largest absolute Gasteiger partial charge is 0.465 e. The van der Waals surface area contributed by atoms with E-state index in [4.69, 9.17) is 9.72 Å². The number of ether oxygens (including phenoxy) is 1. The monoisotopic (exact) mass is 446 g/mol. The number of benzene rings is 2. The van der Waals surface area contributed by atoms with Crippen LogP contribution in [-0.4, -0.2) is 42.8 Å². The normalized spacial score (nSPS) is 11.4. The van der Waals surface area contributed by atoms with Crippen molar-refractivity contribution in [3.05, 3.63) is 64.2 Å². The van der Waals surface area contributed by atoms with E-state index in [1.165, 1.54) is 18.9 Å². The number of para-hydroxylation sites is 1. The summed E-state index contributed by atoms with van der Waals surface area (Å²) in [4.78, 5) is 36.2. The van der Waals surface area contributed by atoms with Gasteiger partial charge in [0.05, 0.1) is 34.8 Å². The summed E-state index contributed by atoms with van der Waals surface area (Å²) < 4.78 is 6.85. The van der Waals surface area contributed by atoms with E-state index in [2.05, 4.69) is 31.7 Å². The van der Waals surface area contributed by atoms with Gasteiger partial charge in [-0.1, -0.05) is 30.0 Å². The van der Waals surface area contributed by atoms with Crippen LogP contribution in [0.2, 0.25) is 0 Å². The van der Waals surface area contributed by atoms with Gasteiger partial charge < -0.3 is 14.3 Å². The van der Waals surface area contributed by atoms with Crippen molar-refractivity contribution in [2.45, 2.75) is 24.4 Å². The lowest BCUT2D eigenvalue weighted by molar-refractivity contribution is 0.0601. The molecule has 0 atom stereocenters. The highest BCUT2D eigenvalue weighted by Gasteiger charge is 2.15. The summed E-state index contributed by atoms with van der Waals surface area (Å²) in [5.41, 5.74) is 3.08. The van der Waals surface area contributed by atoms with Gasteiger partial charge in [0.2, 0.25) is 5.16 Å². The highest BCUT2D eigenvalue weighted by molar-refractivity contribution is 7.98. The van der Waals surface area contributed by atoms with Gasteiger partial charge in [-0.15, -0.1) is 10.2 Å². The lowest BCUT2D eigenvalue weighted by Gasteiger charge is -2.05. The minimum atomic E-state index is -0.482. The smallest absolute Gasteiger partial charge is 0.337 e. The van der Waals surface area contributed by atoms with Crippen LogP contribution < -0.4 is 5.56 Å². The third-order valence-electron chi connectivity index (χ3n) is 5.19. The summed E-state index contributed by atoms with van der Waals surface area (Å²) in [5, 5.41) is 10.6. The van der Waals surface area contributed by atoms with E-state index in [1.54, 1.807) is 18.2 Å². The average molecular weight is 446 g/mol. The Balaban J connectivity index is 1.48. The molecule has 32 heavy (non-hydrogen) atoms. The van der Waals surface area contributed by atoms with Gasteiger partial charge in [-0.3, -0.25) is 4.79 Å². The molecule has 0 saturated heterocycles. The van der Waals surface area contributed by atoms with Crippen LogP contribution in [0, 0.1) is 0 Å². The number of rotatable bonds is 5. The van der Waals surface area contributed by atoms with Crippen LogP contribution in [0.5, 0.6) is 0 Å². The molecular weight excluding hydrogens is 428 g/mol. The fourth-order valence-electron chi connectivity index (χ4n) is 3.70. The zero-order valence-electron chi connectivity index (χ0n) is 17.3. The fourth-order valence-corrected chi connectivity index (χ4v) is 4.36. The molecule has 5 aromatic rings. The number of methoxy groups -OCH3 is 1. The fraction of sp³-hybridized carbons (Fsp3) is 0.182. The van der Waals surface area contributed by atoms with Crippen LogP contribution in [0.4, 0.5) is 0 Å². The summed E-state index contributed by atoms with van der Waals surface area (Å²) in [7, 11) is 1.31. The molecule has 0 unspecified atom stereocenters. The maximum atomic E-state index is 12.5. The van der Waals surface area contributed by atoms with Crippen molar-refractivity contribution in [2.75, 3.05) is 7.11 Å². The average Bonchev–Trinajstić information content (AvgIpc) is 3.14. The summed E-state index contributed by atoms with van der Waals surface area (Å²) in [5.74, 6) is 0.311. The van der Waals surface area contributed by atoms with Crippen LogP contribution >= 0.6 is 11.8 Å². The number of aromatic nitrogens is 6. The molecule has 0 bridgehead atoms. The molecule has 2 aromatic carbocycles. The first kappa shape index (κ1) is 20.1. The third kappa shape index (κ3) is 3.38. The Hall–Kier alpha value is -3.79. The predicted octanol–water partition coefficient (Wildman–Crippen LogP) is 3.31. The Bertz CT molecular complexity index is 1560. The van der Waals surface area contributed by atoms with Crippen molar-refractivity contribution in [3.8, 4) is 0 Å². The number of nitrogens with zero attached hydrogens (tertiary/aromatic N) is 5. The maximum absolute atomic E-state index is 12.5. The minimum Gasteiger partial charge on any atom is -0.465 e. The highest BCUT2D eigenvalue weighted by Crippen LogP contribution is 2.27. The molecule has 9 nitrogen and oxygen atoms in total. The number of nitrogens with one attached hydrogen (secondary N) is 1. The number of carbonyl (C=O) groups excluding carboxylic acids is 1. The second-order valence-corrected chi connectivity index (χ2v) is 8.00. The van der Waals surface area contributed by atoms with E-state index in [0.717, 1.165) is 28.6 Å². The third-order valence-corrected chi connectivity index (χ3v) is 6.03. The Labute approximate surface area is 185 Å². The summed E-state index contributed by atoms with van der Waals surface area (Å²) in [6.07, 6.45) is 0. The summed E-state index contributed by atoms with van der Waals surface area (Å²) in [6, 6.07) is 12.7. The zero-order chi connectivity index (χ0) is 22.2. The van der Waals surface area contributed by atoms with E-state index in [9.17, 15) is 9.59 Å². The number of carbonyl (C=O) groups is 1. The first-order valence-electron chi connectivity index (χ1n) is 9.94. The number of esters is 1. The zero-order valence-corrected chi connectivity index (χ0v) is 18.1. The lowest BCUT2D eigenvalue weighted by Crippen LogP contribution is -2.12. The van der Waals surface area contributed by atoms with Crippen molar-refractivity contribution < 1.29 is 9.53 Å². The molecule has 10 heteroatoms. The number of fused-ring (bicyclic) bond motifs is 4. The molecule has 1 N–H and O–H groups in total. The van der Waals surface area contributed by atoms with Crippen molar-refractivity contribution in [3.63, 3.8) is 0 Å². The molecule has 0 aliphatic rings. The van der Waals surface area contributed by atoms with E-state index >= 15 is 0 Å². The highest BCUT2D eigenvalue weighted by atomic mass is 32.2. The van der Waals surface area contributed by atoms with E-state index in [0.29, 0.717) is 33.2 Å². The van der Waals surface area contributed by atoms with Crippen LogP contribution in [-0.2, 0) is 17.0 Å². The molecule has 0 radical (unpaired) electrons. The standard InChI is InChI=1S/C22H18N6O3S/c1-3-28-16-7-5-4-6-14(16)18-19(28)25-22(27-26-18)32-11-17-23-15-10-12(21(30)31-2)8-9-13(15)20(29)24-17/h4-10H,3,11H2,1-2H3,(H,23,24,29). The van der Waals surface area contributed by atoms with Crippen molar-refractivity contribution >= 4 is 50.7 Å². The predicted molar refractivity (Wildman–Crippen MR) is 122 cm³/mol. The van der Waals surface area contributed by atoms with E-state index < -0.39 is 5.97 Å². The second-order valence-electron chi connectivity index (χ2n) is 7.05. The minimum absolute atomic E-state index is 0.275. The molecule has 0 spiro atoms. The van der Waals surface area contributed by atoms with Gasteiger partial charge in [0, 0.05) is 11.9 Å². The number of H-pyrrole nitrogens is 1. The number of aryl methyl sites for hydroxylation is 1. The lowest BCUT2D eigenvalue weighted by atomic mass is 10.1. The van der Waals surface area contributed by atoms with Crippen LogP contribution in [0.1, 0.15) is 23.1 Å². The molecule has 3 heterocycles. The molecule has 0 aliphatic heterocycles. The first-order chi connectivity index (χ1) is 15.6. The number of thioether (sulfide) groups is 1. The molecule has 0 fully saturated rings. The Morgan fingerprint density at radius 2 is 1.97 bits per heavy atom. The van der Waals surface area contributed by atoms with Gasteiger partial charge >= 0.3 is 5.97 Å². The van der Waals surface area contributed by atoms with Gasteiger partial charge in [-0.05, 0) is 31.2 Å². The van der Waals surface area contributed by atoms with Crippen molar-refractivity contribution in [2.24, 2.45) is 0 Å². The summed E-state index contributed by atoms with van der Waals surface area (Å²) in [6.45, 7) is 2.82. The molecule has 5 rings (SSSR count). The molecule has 160 valence electrons. The summed E-state index contributed by atoms with van der Waals surface area (Å²) >= 11 is 1.33. The van der Waals surface area contributed by atoms with Crippen LogP contribution in [0.15, 0.2) is 52.4 Å². The van der Waals surface area contributed by atoms with Crippen molar-refractivity contribution in [1.82, 2.24) is 29.7 Å². The Morgan fingerprint density at radius 1 is 1.12 bits per heavy atom.